The molecule has 4 aromatic carbocycles. The highest BCUT2D eigenvalue weighted by molar-refractivity contribution is 7.92. The number of anilines is 1. The maximum absolute atomic E-state index is 13.1. The van der Waals surface area contributed by atoms with Crippen LogP contribution in [-0.4, -0.2) is 19.3 Å². The van der Waals surface area contributed by atoms with E-state index in [0.717, 1.165) is 10.9 Å². The minimum Gasteiger partial charge on any atom is -0.456 e. The van der Waals surface area contributed by atoms with Gasteiger partial charge in [-0.1, -0.05) is 59.6 Å². The molecule has 7 nitrogen and oxygen atoms in total. The number of nitrogens with one attached hydrogen (secondary N) is 2. The van der Waals surface area contributed by atoms with Crippen molar-refractivity contribution in [1.29, 1.82) is 0 Å². The third-order valence-corrected chi connectivity index (χ3v) is 7.68. The lowest BCUT2D eigenvalue weighted by Gasteiger charge is -2.14. The second-order valence-corrected chi connectivity index (χ2v) is 11.0. The lowest BCUT2D eigenvalue weighted by molar-refractivity contribution is 0.0951. The van der Waals surface area contributed by atoms with E-state index in [2.05, 4.69) is 15.0 Å². The van der Waals surface area contributed by atoms with Crippen LogP contribution in [0.5, 0.6) is 11.5 Å². The zero-order valence-corrected chi connectivity index (χ0v) is 22.6. The topological polar surface area (TPSA) is 97.4 Å². The molecule has 0 unspecified atom stereocenters. The van der Waals surface area contributed by atoms with E-state index in [1.807, 2.05) is 36.4 Å². The molecule has 10 heteroatoms. The van der Waals surface area contributed by atoms with E-state index < -0.39 is 15.9 Å². The van der Waals surface area contributed by atoms with Gasteiger partial charge in [0.2, 0.25) is 0 Å². The van der Waals surface area contributed by atoms with E-state index in [1.165, 1.54) is 42.5 Å². The molecule has 0 saturated heterocycles. The largest absolute Gasteiger partial charge is 0.456 e. The third-order valence-electron chi connectivity index (χ3n) is 5.76. The average molecular weight is 578 g/mol. The Morgan fingerprint density at radius 1 is 0.846 bits per heavy atom. The smallest absolute Gasteiger partial charge is 0.261 e. The number of para-hydroxylation sites is 2. The molecule has 1 amide bonds. The molecule has 196 valence electrons. The molecule has 0 saturated carbocycles. The number of hydrogen-bond acceptors (Lipinski definition) is 5. The number of ether oxygens (including phenoxy) is 1. The summed E-state index contributed by atoms with van der Waals surface area (Å²) in [5, 5.41) is 4.49. The maximum atomic E-state index is 13.1. The van der Waals surface area contributed by atoms with E-state index in [4.69, 9.17) is 27.9 Å². The van der Waals surface area contributed by atoms with Gasteiger partial charge in [-0.2, -0.15) is 0 Å². The summed E-state index contributed by atoms with van der Waals surface area (Å²) in [4.78, 5) is 17.6. The zero-order valence-electron chi connectivity index (χ0n) is 20.3. The Bertz CT molecular complexity index is 1780. The van der Waals surface area contributed by atoms with Crippen molar-refractivity contribution in [1.82, 2.24) is 10.3 Å². The van der Waals surface area contributed by atoms with Crippen molar-refractivity contribution < 1.29 is 17.9 Å². The van der Waals surface area contributed by atoms with Crippen molar-refractivity contribution in [2.24, 2.45) is 0 Å². The second-order valence-electron chi connectivity index (χ2n) is 8.48. The number of rotatable bonds is 8. The number of halogens is 2. The quantitative estimate of drug-likeness (QED) is 0.205. The van der Waals surface area contributed by atoms with Crippen LogP contribution in [0, 0.1) is 0 Å². The van der Waals surface area contributed by atoms with Gasteiger partial charge in [-0.05, 0) is 66.7 Å². The molecule has 0 radical (unpaired) electrons. The summed E-state index contributed by atoms with van der Waals surface area (Å²) in [6, 6.07) is 28.5. The van der Waals surface area contributed by atoms with Gasteiger partial charge < -0.3 is 10.1 Å². The van der Waals surface area contributed by atoms with Crippen LogP contribution in [0.2, 0.25) is 10.0 Å². The summed E-state index contributed by atoms with van der Waals surface area (Å²) in [6.45, 7) is 0.148. The summed E-state index contributed by atoms with van der Waals surface area (Å²) in [7, 11) is -4.04. The van der Waals surface area contributed by atoms with Crippen molar-refractivity contribution in [3.05, 3.63) is 124 Å². The molecule has 1 aromatic heterocycles. The first-order chi connectivity index (χ1) is 18.8. The number of hydrogen-bond donors (Lipinski definition) is 2. The lowest BCUT2D eigenvalue weighted by atomic mass is 10.1. The number of aromatic nitrogens is 1. The van der Waals surface area contributed by atoms with Crippen molar-refractivity contribution >= 4 is 55.7 Å². The highest BCUT2D eigenvalue weighted by Crippen LogP contribution is 2.30. The summed E-state index contributed by atoms with van der Waals surface area (Å²) in [6.07, 6.45) is 0. The van der Waals surface area contributed by atoms with E-state index >= 15 is 0 Å². The number of benzene rings is 4. The molecular formula is C29H21Cl2N3O4S. The predicted octanol–water partition coefficient (Wildman–Crippen LogP) is 7.06. The van der Waals surface area contributed by atoms with Crippen LogP contribution < -0.4 is 14.8 Å². The van der Waals surface area contributed by atoms with Gasteiger partial charge in [0.25, 0.3) is 15.9 Å². The maximum Gasteiger partial charge on any atom is 0.261 e. The van der Waals surface area contributed by atoms with Gasteiger partial charge in [0, 0.05) is 10.4 Å². The molecule has 0 aliphatic heterocycles. The summed E-state index contributed by atoms with van der Waals surface area (Å²) in [5.74, 6) is 0.355. The highest BCUT2D eigenvalue weighted by Gasteiger charge is 2.20. The van der Waals surface area contributed by atoms with Crippen LogP contribution in [0.25, 0.3) is 10.9 Å². The van der Waals surface area contributed by atoms with Gasteiger partial charge in [-0.15, -0.1) is 0 Å². The Morgan fingerprint density at radius 3 is 2.38 bits per heavy atom. The van der Waals surface area contributed by atoms with Crippen LogP contribution in [0.15, 0.2) is 108 Å². The summed E-state index contributed by atoms with van der Waals surface area (Å²) < 4.78 is 34.5. The minimum atomic E-state index is -4.04. The number of fused-ring (bicyclic) bond motifs is 1. The van der Waals surface area contributed by atoms with Crippen LogP contribution in [-0.2, 0) is 16.6 Å². The van der Waals surface area contributed by atoms with E-state index in [-0.39, 0.29) is 27.7 Å². The first-order valence-corrected chi connectivity index (χ1v) is 14.0. The fourth-order valence-electron chi connectivity index (χ4n) is 3.81. The van der Waals surface area contributed by atoms with Gasteiger partial charge in [0.15, 0.2) is 0 Å². The highest BCUT2D eigenvalue weighted by atomic mass is 35.5. The fourth-order valence-corrected chi connectivity index (χ4v) is 5.24. The number of carbonyl (C=O) groups is 1. The molecule has 5 rings (SSSR count). The van der Waals surface area contributed by atoms with Crippen LogP contribution in [0.1, 0.15) is 16.1 Å². The monoisotopic (exact) mass is 577 g/mol. The van der Waals surface area contributed by atoms with Crippen molar-refractivity contribution in [3.8, 4) is 11.5 Å². The fraction of sp³-hybridized carbons (Fsp3) is 0.0345. The standard InChI is InChI=1S/C29H21Cl2N3O4S/c30-20-10-16-27(24(17-20)29(35)32-18-21-11-9-19-5-1-3-7-26(19)33-21)34-39(36,37)23-14-12-22(13-15-23)38-28-8-4-2-6-25(28)31/h1-17,34H,18H2,(H,32,35). The summed E-state index contributed by atoms with van der Waals surface area (Å²) >= 11 is 12.3. The second kappa shape index (κ2) is 11.3. The van der Waals surface area contributed by atoms with Crippen molar-refractivity contribution in [3.63, 3.8) is 0 Å². The number of sulfonamides is 1. The first-order valence-electron chi connectivity index (χ1n) is 11.8. The Labute approximate surface area is 235 Å². The van der Waals surface area contributed by atoms with Crippen LogP contribution >= 0.6 is 23.2 Å². The van der Waals surface area contributed by atoms with Gasteiger partial charge in [0.05, 0.1) is 38.9 Å². The third kappa shape index (κ3) is 6.31. The molecule has 39 heavy (non-hydrogen) atoms. The molecular weight excluding hydrogens is 557 g/mol. The Kier molecular flexibility index (Phi) is 7.70. The Balaban J connectivity index is 1.31. The van der Waals surface area contributed by atoms with E-state index in [0.29, 0.717) is 22.2 Å². The van der Waals surface area contributed by atoms with E-state index in [9.17, 15) is 13.2 Å². The summed E-state index contributed by atoms with van der Waals surface area (Å²) in [5.41, 5.74) is 1.62. The van der Waals surface area contributed by atoms with Crippen LogP contribution in [0.4, 0.5) is 5.69 Å². The SMILES string of the molecule is O=C(NCc1ccc2ccccc2n1)c1cc(Cl)ccc1NS(=O)(=O)c1ccc(Oc2ccccc2Cl)cc1. The number of pyridine rings is 1. The first kappa shape index (κ1) is 26.5. The van der Waals surface area contributed by atoms with Gasteiger partial charge in [0.1, 0.15) is 11.5 Å². The number of amides is 1. The number of carbonyl (C=O) groups excluding carboxylic acids is 1. The average Bonchev–Trinajstić information content (AvgIpc) is 2.94. The van der Waals surface area contributed by atoms with Crippen molar-refractivity contribution in [2.45, 2.75) is 11.4 Å². The van der Waals surface area contributed by atoms with E-state index in [1.54, 1.807) is 24.3 Å². The minimum absolute atomic E-state index is 0.0179. The van der Waals surface area contributed by atoms with Gasteiger partial charge in [-0.25, -0.2) is 8.42 Å². The predicted molar refractivity (Wildman–Crippen MR) is 153 cm³/mol. The molecule has 0 bridgehead atoms. The van der Waals surface area contributed by atoms with Crippen LogP contribution in [0.3, 0.4) is 0 Å². The lowest BCUT2D eigenvalue weighted by Crippen LogP contribution is -2.25. The molecule has 2 N–H and O–H groups in total. The number of nitrogens with zero attached hydrogens (tertiary/aromatic N) is 1. The molecule has 1 heterocycles. The van der Waals surface area contributed by atoms with Crippen molar-refractivity contribution in [2.75, 3.05) is 4.72 Å². The zero-order chi connectivity index (χ0) is 27.4. The molecule has 0 atom stereocenters. The molecule has 0 fully saturated rings. The molecule has 5 aromatic rings. The molecule has 0 spiro atoms. The van der Waals surface area contributed by atoms with Gasteiger partial charge in [-0.3, -0.25) is 14.5 Å². The Morgan fingerprint density at radius 2 is 1.59 bits per heavy atom. The van der Waals surface area contributed by atoms with Gasteiger partial charge >= 0.3 is 0 Å². The molecule has 0 aliphatic rings. The Hall–Kier alpha value is -4.11. The molecule has 0 aliphatic carbocycles. The normalized spacial score (nSPS) is 11.2.